The van der Waals surface area contributed by atoms with E-state index in [9.17, 15) is 18.0 Å². The van der Waals surface area contributed by atoms with Crippen LogP contribution in [0.3, 0.4) is 0 Å². The summed E-state index contributed by atoms with van der Waals surface area (Å²) in [5.41, 5.74) is 0. The van der Waals surface area contributed by atoms with E-state index in [4.69, 9.17) is 4.42 Å². The van der Waals surface area contributed by atoms with Gasteiger partial charge in [-0.2, -0.15) is 13.2 Å². The third-order valence-corrected chi connectivity index (χ3v) is 2.99. The van der Waals surface area contributed by atoms with Crippen molar-refractivity contribution in [2.45, 2.75) is 6.18 Å². The fraction of sp³-hybridized carbons (Fsp3) is 0.125. The Morgan fingerprint density at radius 3 is 2.61 bits per heavy atom. The van der Waals surface area contributed by atoms with Crippen LogP contribution in [0.15, 0.2) is 21.2 Å². The van der Waals surface area contributed by atoms with E-state index in [0.717, 1.165) is 0 Å². The predicted octanol–water partition coefficient (Wildman–Crippen LogP) is 3.16. The summed E-state index contributed by atoms with van der Waals surface area (Å²) in [6.07, 6.45) is -4.58. The number of anilines is 1. The van der Waals surface area contributed by atoms with Crippen LogP contribution in [0.1, 0.15) is 15.6 Å². The van der Waals surface area contributed by atoms with Crippen molar-refractivity contribution < 1.29 is 22.4 Å². The molecule has 2 heterocycles. The van der Waals surface area contributed by atoms with E-state index in [1.807, 2.05) is 0 Å². The van der Waals surface area contributed by atoms with E-state index in [0.29, 0.717) is 4.67 Å². The van der Waals surface area contributed by atoms with E-state index in [1.165, 1.54) is 12.1 Å². The van der Waals surface area contributed by atoms with Gasteiger partial charge in [-0.3, -0.25) is 10.1 Å². The third kappa shape index (κ3) is 2.88. The van der Waals surface area contributed by atoms with Crippen LogP contribution in [0.25, 0.3) is 0 Å². The standard InChI is InChI=1S/C8H3BrF3N3O2S/c9-4-2-1-3(17-4)5(16)13-7-15-14-6(18-7)8(10,11)12/h1-2H,(H,13,15,16). The highest BCUT2D eigenvalue weighted by Gasteiger charge is 2.35. The van der Waals surface area contributed by atoms with E-state index in [1.54, 1.807) is 0 Å². The lowest BCUT2D eigenvalue weighted by molar-refractivity contribution is -0.138. The SMILES string of the molecule is O=C(Nc1nnc(C(F)(F)F)s1)c1ccc(Br)o1. The Hall–Kier alpha value is -1.42. The molecule has 10 heteroatoms. The average Bonchev–Trinajstić information content (AvgIpc) is 2.85. The smallest absolute Gasteiger partial charge is 0.444 e. The molecule has 0 aromatic carbocycles. The van der Waals surface area contributed by atoms with Gasteiger partial charge < -0.3 is 4.42 Å². The average molecular weight is 342 g/mol. The van der Waals surface area contributed by atoms with E-state index >= 15 is 0 Å². The van der Waals surface area contributed by atoms with Crippen molar-refractivity contribution in [3.8, 4) is 0 Å². The number of carbonyl (C=O) groups excluding carboxylic acids is 1. The maximum absolute atomic E-state index is 12.2. The van der Waals surface area contributed by atoms with Crippen molar-refractivity contribution in [3.63, 3.8) is 0 Å². The molecule has 96 valence electrons. The summed E-state index contributed by atoms with van der Waals surface area (Å²) in [5, 5.41) is 6.93. The maximum Gasteiger partial charge on any atom is 0.445 e. The Bertz CT molecular complexity index is 580. The molecular weight excluding hydrogens is 339 g/mol. The number of aromatic nitrogens is 2. The topological polar surface area (TPSA) is 68.0 Å². The van der Waals surface area contributed by atoms with Crippen LogP contribution >= 0.6 is 27.3 Å². The minimum atomic E-state index is -4.58. The van der Waals surface area contributed by atoms with Crippen LogP contribution in [-0.2, 0) is 6.18 Å². The fourth-order valence-electron chi connectivity index (χ4n) is 0.983. The van der Waals surface area contributed by atoms with Gasteiger partial charge in [0.1, 0.15) is 0 Å². The maximum atomic E-state index is 12.2. The van der Waals surface area contributed by atoms with Crippen molar-refractivity contribution in [3.05, 3.63) is 27.6 Å². The van der Waals surface area contributed by atoms with Gasteiger partial charge in [-0.05, 0) is 28.1 Å². The molecule has 0 aliphatic rings. The lowest BCUT2D eigenvalue weighted by Crippen LogP contribution is -2.10. The highest BCUT2D eigenvalue weighted by Crippen LogP contribution is 2.33. The Morgan fingerprint density at radius 1 is 1.39 bits per heavy atom. The van der Waals surface area contributed by atoms with Gasteiger partial charge in [0.05, 0.1) is 0 Å². The molecule has 1 amide bonds. The van der Waals surface area contributed by atoms with Gasteiger partial charge in [-0.25, -0.2) is 0 Å². The van der Waals surface area contributed by atoms with E-state index in [-0.39, 0.29) is 22.2 Å². The van der Waals surface area contributed by atoms with Gasteiger partial charge in [-0.1, -0.05) is 11.3 Å². The number of furan rings is 1. The van der Waals surface area contributed by atoms with Crippen molar-refractivity contribution in [2.75, 3.05) is 5.32 Å². The number of halogens is 4. The summed E-state index contributed by atoms with van der Waals surface area (Å²) < 4.78 is 42.0. The van der Waals surface area contributed by atoms with Crippen LogP contribution in [-0.4, -0.2) is 16.1 Å². The zero-order valence-electron chi connectivity index (χ0n) is 8.29. The summed E-state index contributed by atoms with van der Waals surface area (Å²) in [6.45, 7) is 0. The molecule has 18 heavy (non-hydrogen) atoms. The van der Waals surface area contributed by atoms with E-state index in [2.05, 4.69) is 31.4 Å². The lowest BCUT2D eigenvalue weighted by atomic mass is 10.4. The Labute approximate surface area is 110 Å². The van der Waals surface area contributed by atoms with Crippen LogP contribution in [0.2, 0.25) is 0 Å². The first-order chi connectivity index (χ1) is 8.36. The zero-order chi connectivity index (χ0) is 13.3. The number of alkyl halides is 3. The molecule has 0 bridgehead atoms. The van der Waals surface area contributed by atoms with E-state index < -0.39 is 17.1 Å². The molecule has 1 N–H and O–H groups in total. The minimum Gasteiger partial charge on any atom is -0.444 e. The molecule has 2 aromatic heterocycles. The largest absolute Gasteiger partial charge is 0.445 e. The monoisotopic (exact) mass is 341 g/mol. The molecule has 0 saturated heterocycles. The second-order valence-electron chi connectivity index (χ2n) is 2.97. The Balaban J connectivity index is 2.10. The fourth-order valence-corrected chi connectivity index (χ4v) is 1.90. The Kier molecular flexibility index (Phi) is 3.39. The molecule has 0 saturated carbocycles. The number of carbonyl (C=O) groups is 1. The molecule has 0 aliphatic heterocycles. The van der Waals surface area contributed by atoms with Gasteiger partial charge in [0.25, 0.3) is 5.91 Å². The molecule has 0 spiro atoms. The summed E-state index contributed by atoms with van der Waals surface area (Å²) in [4.78, 5) is 11.5. The van der Waals surface area contributed by atoms with Crippen LogP contribution in [0.4, 0.5) is 18.3 Å². The molecule has 2 aromatic rings. The molecule has 0 fully saturated rings. The van der Waals surface area contributed by atoms with Crippen molar-refractivity contribution in [2.24, 2.45) is 0 Å². The molecule has 0 unspecified atom stereocenters. The number of hydrogen-bond donors (Lipinski definition) is 1. The van der Waals surface area contributed by atoms with Gasteiger partial charge in [0.15, 0.2) is 10.4 Å². The normalized spacial score (nSPS) is 11.6. The van der Waals surface area contributed by atoms with Crippen LogP contribution < -0.4 is 5.32 Å². The molecule has 2 rings (SSSR count). The minimum absolute atomic E-state index is 0.0503. The molecule has 0 atom stereocenters. The highest BCUT2D eigenvalue weighted by molar-refractivity contribution is 9.10. The lowest BCUT2D eigenvalue weighted by Gasteiger charge is -1.98. The predicted molar refractivity (Wildman–Crippen MR) is 59.3 cm³/mol. The first-order valence-electron chi connectivity index (χ1n) is 4.33. The second kappa shape index (κ2) is 4.69. The number of hydrogen-bond acceptors (Lipinski definition) is 5. The summed E-state index contributed by atoms with van der Waals surface area (Å²) in [7, 11) is 0. The van der Waals surface area contributed by atoms with Crippen LogP contribution in [0.5, 0.6) is 0 Å². The first-order valence-corrected chi connectivity index (χ1v) is 5.94. The van der Waals surface area contributed by atoms with Crippen molar-refractivity contribution in [1.29, 1.82) is 0 Å². The van der Waals surface area contributed by atoms with Gasteiger partial charge in [-0.15, -0.1) is 10.2 Å². The van der Waals surface area contributed by atoms with Crippen molar-refractivity contribution in [1.82, 2.24) is 10.2 Å². The summed E-state index contributed by atoms with van der Waals surface area (Å²) >= 11 is 3.23. The summed E-state index contributed by atoms with van der Waals surface area (Å²) in [5.74, 6) is -0.754. The molecule has 0 aliphatic carbocycles. The number of rotatable bonds is 2. The Morgan fingerprint density at radius 2 is 2.11 bits per heavy atom. The second-order valence-corrected chi connectivity index (χ2v) is 4.73. The quantitative estimate of drug-likeness (QED) is 0.910. The first kappa shape index (κ1) is 13.0. The third-order valence-electron chi connectivity index (χ3n) is 1.68. The highest BCUT2D eigenvalue weighted by atomic mass is 79.9. The molecule has 5 nitrogen and oxygen atoms in total. The number of nitrogens with zero attached hydrogens (tertiary/aromatic N) is 2. The van der Waals surface area contributed by atoms with Gasteiger partial charge in [0, 0.05) is 0 Å². The molecule has 0 radical (unpaired) electrons. The zero-order valence-corrected chi connectivity index (χ0v) is 10.7. The summed E-state index contributed by atoms with van der Waals surface area (Å²) in [6, 6.07) is 2.85. The number of amides is 1. The number of nitrogens with one attached hydrogen (secondary N) is 1. The van der Waals surface area contributed by atoms with Gasteiger partial charge >= 0.3 is 6.18 Å². The van der Waals surface area contributed by atoms with Crippen LogP contribution in [0, 0.1) is 0 Å². The van der Waals surface area contributed by atoms with Gasteiger partial charge in [0.2, 0.25) is 10.1 Å². The molecular formula is C8H3BrF3N3O2S. The van der Waals surface area contributed by atoms with Crippen molar-refractivity contribution >= 4 is 38.3 Å².